The third-order valence-corrected chi connectivity index (χ3v) is 4.26. The lowest BCUT2D eigenvalue weighted by Gasteiger charge is -2.05. The number of hydrogen-bond acceptors (Lipinski definition) is 3. The monoisotopic (exact) mass is 362 g/mol. The van der Waals surface area contributed by atoms with Crippen molar-refractivity contribution < 1.29 is 0 Å². The largest absolute Gasteiger partial charge is 0.398 e. The Kier molecular flexibility index (Phi) is 3.51. The van der Waals surface area contributed by atoms with E-state index in [0.717, 1.165) is 9.35 Å². The summed E-state index contributed by atoms with van der Waals surface area (Å²) >= 11 is 8.18. The average molecular weight is 364 g/mol. The minimum atomic E-state index is -0.0706. The molecule has 3 nitrogen and oxygen atoms in total. The fourth-order valence-corrected chi connectivity index (χ4v) is 3.28. The number of nitrogens with zero attached hydrogens (tertiary/aromatic N) is 1. The lowest BCUT2D eigenvalue weighted by Crippen LogP contribution is -2.20. The highest BCUT2D eigenvalue weighted by molar-refractivity contribution is 9.10. The number of aromatic nitrogens is 1. The average Bonchev–Trinajstić information content (AvgIpc) is 2.60. The zero-order valence-corrected chi connectivity index (χ0v) is 12.1. The van der Waals surface area contributed by atoms with Crippen molar-refractivity contribution in [3.63, 3.8) is 0 Å². The van der Waals surface area contributed by atoms with Gasteiger partial charge in [-0.05, 0) is 44.0 Å². The van der Waals surface area contributed by atoms with E-state index in [1.165, 1.54) is 0 Å². The molecule has 16 heavy (non-hydrogen) atoms. The summed E-state index contributed by atoms with van der Waals surface area (Å²) in [5.74, 6) is 0. The summed E-state index contributed by atoms with van der Waals surface area (Å²) in [6.07, 6.45) is 1.65. The third-order valence-electron chi connectivity index (χ3n) is 2.01. The van der Waals surface area contributed by atoms with Crippen LogP contribution in [0.5, 0.6) is 0 Å². The predicted molar refractivity (Wildman–Crippen MR) is 73.9 cm³/mol. The van der Waals surface area contributed by atoms with Gasteiger partial charge in [-0.25, -0.2) is 0 Å². The summed E-state index contributed by atoms with van der Waals surface area (Å²) in [7, 11) is 0. The molecule has 6 heteroatoms. The Hall–Kier alpha value is -0.590. The molecule has 0 saturated heterocycles. The molecule has 2 rings (SSSR count). The van der Waals surface area contributed by atoms with Crippen LogP contribution in [0.4, 0.5) is 5.69 Å². The Labute approximate surface area is 113 Å². The fourth-order valence-electron chi connectivity index (χ4n) is 1.34. The summed E-state index contributed by atoms with van der Waals surface area (Å²) in [6.45, 7) is 0.540. The molecular formula is C10H8Br2N2OS. The van der Waals surface area contributed by atoms with Gasteiger partial charge in [0.1, 0.15) is 0 Å². The van der Waals surface area contributed by atoms with Gasteiger partial charge in [0.25, 0.3) is 5.56 Å². The second-order valence-corrected chi connectivity index (χ2v) is 6.05. The van der Waals surface area contributed by atoms with Gasteiger partial charge in [0, 0.05) is 26.6 Å². The van der Waals surface area contributed by atoms with Crippen molar-refractivity contribution in [3.05, 3.63) is 47.9 Å². The summed E-state index contributed by atoms with van der Waals surface area (Å²) in [6, 6.07) is 3.61. The standard InChI is InChI=1S/C10H8Br2N2OS/c11-6-1-8(16-5-6)4-14-3-7(13)2-9(12)10(14)15/h1-3,5H,4,13H2. The SMILES string of the molecule is Nc1cc(Br)c(=O)n(Cc2cc(Br)cs2)c1. The van der Waals surface area contributed by atoms with E-state index < -0.39 is 0 Å². The van der Waals surface area contributed by atoms with Crippen LogP contribution in [0.2, 0.25) is 0 Å². The summed E-state index contributed by atoms with van der Waals surface area (Å²) in [5, 5.41) is 1.99. The zero-order chi connectivity index (χ0) is 11.7. The molecule has 0 saturated carbocycles. The first-order valence-electron chi connectivity index (χ1n) is 4.44. The highest BCUT2D eigenvalue weighted by atomic mass is 79.9. The molecule has 0 amide bonds. The molecule has 0 unspecified atom stereocenters. The molecule has 0 radical (unpaired) electrons. The third kappa shape index (κ3) is 2.56. The van der Waals surface area contributed by atoms with E-state index in [4.69, 9.17) is 5.73 Å². The number of anilines is 1. The van der Waals surface area contributed by atoms with E-state index in [2.05, 4.69) is 31.9 Å². The molecule has 2 aromatic heterocycles. The van der Waals surface area contributed by atoms with Gasteiger partial charge in [0.05, 0.1) is 11.0 Å². The van der Waals surface area contributed by atoms with Crippen LogP contribution in [0.1, 0.15) is 4.88 Å². The first-order chi connectivity index (χ1) is 7.56. The number of nitrogens with two attached hydrogens (primary N) is 1. The van der Waals surface area contributed by atoms with Crippen molar-refractivity contribution >= 4 is 48.9 Å². The number of hydrogen-bond donors (Lipinski definition) is 1. The van der Waals surface area contributed by atoms with Crippen LogP contribution in [0, 0.1) is 0 Å². The maximum Gasteiger partial charge on any atom is 0.265 e. The number of thiophene rings is 1. The molecule has 2 aromatic rings. The predicted octanol–water partition coefficient (Wildman–Crippen LogP) is 3.07. The van der Waals surface area contributed by atoms with Crippen LogP contribution in [-0.2, 0) is 6.54 Å². The highest BCUT2D eigenvalue weighted by Gasteiger charge is 2.05. The molecule has 0 atom stereocenters. The minimum absolute atomic E-state index is 0.0706. The van der Waals surface area contributed by atoms with E-state index >= 15 is 0 Å². The molecule has 0 aliphatic rings. The van der Waals surface area contributed by atoms with Crippen LogP contribution in [0.15, 0.2) is 37.4 Å². The molecule has 0 aromatic carbocycles. The Bertz CT molecular complexity index is 576. The summed E-state index contributed by atoms with van der Waals surface area (Å²) < 4.78 is 3.11. The van der Waals surface area contributed by atoms with Crippen molar-refractivity contribution in [1.29, 1.82) is 0 Å². The first-order valence-corrected chi connectivity index (χ1v) is 6.91. The topological polar surface area (TPSA) is 48.0 Å². The molecule has 0 spiro atoms. The van der Waals surface area contributed by atoms with Crippen molar-refractivity contribution in [3.8, 4) is 0 Å². The van der Waals surface area contributed by atoms with Gasteiger partial charge < -0.3 is 10.3 Å². The normalized spacial score (nSPS) is 10.6. The smallest absolute Gasteiger partial charge is 0.265 e. The number of nitrogen functional groups attached to an aromatic ring is 1. The Morgan fingerprint density at radius 1 is 1.38 bits per heavy atom. The lowest BCUT2D eigenvalue weighted by molar-refractivity contribution is 0.767. The zero-order valence-electron chi connectivity index (χ0n) is 8.11. The van der Waals surface area contributed by atoms with Crippen LogP contribution < -0.4 is 11.3 Å². The van der Waals surface area contributed by atoms with Gasteiger partial charge in [-0.1, -0.05) is 0 Å². The molecule has 0 aliphatic heterocycles. The van der Waals surface area contributed by atoms with E-state index in [1.54, 1.807) is 28.2 Å². The molecule has 0 bridgehead atoms. The lowest BCUT2D eigenvalue weighted by atomic mass is 10.4. The van der Waals surface area contributed by atoms with Gasteiger partial charge in [0.15, 0.2) is 0 Å². The molecule has 84 valence electrons. The van der Waals surface area contributed by atoms with E-state index in [9.17, 15) is 4.79 Å². The van der Waals surface area contributed by atoms with Gasteiger partial charge in [-0.2, -0.15) is 0 Å². The van der Waals surface area contributed by atoms with Crippen molar-refractivity contribution in [2.45, 2.75) is 6.54 Å². The minimum Gasteiger partial charge on any atom is -0.398 e. The molecule has 0 aliphatic carbocycles. The molecular weight excluding hydrogens is 356 g/mol. The summed E-state index contributed by atoms with van der Waals surface area (Å²) in [5.41, 5.74) is 6.19. The quantitative estimate of drug-likeness (QED) is 0.891. The molecule has 2 heterocycles. The number of rotatable bonds is 2. The van der Waals surface area contributed by atoms with Crippen molar-refractivity contribution in [1.82, 2.24) is 4.57 Å². The second-order valence-electron chi connectivity index (χ2n) is 3.29. The summed E-state index contributed by atoms with van der Waals surface area (Å²) in [4.78, 5) is 12.9. The Balaban J connectivity index is 2.38. The van der Waals surface area contributed by atoms with E-state index in [0.29, 0.717) is 16.7 Å². The van der Waals surface area contributed by atoms with Gasteiger partial charge >= 0.3 is 0 Å². The first kappa shape index (κ1) is 11.9. The van der Waals surface area contributed by atoms with Crippen LogP contribution >= 0.6 is 43.2 Å². The van der Waals surface area contributed by atoms with Crippen LogP contribution in [0.25, 0.3) is 0 Å². The van der Waals surface area contributed by atoms with Crippen molar-refractivity contribution in [2.24, 2.45) is 0 Å². The van der Waals surface area contributed by atoms with E-state index in [-0.39, 0.29) is 5.56 Å². The van der Waals surface area contributed by atoms with E-state index in [1.807, 2.05) is 11.4 Å². The van der Waals surface area contributed by atoms with Crippen LogP contribution in [0.3, 0.4) is 0 Å². The Morgan fingerprint density at radius 2 is 2.12 bits per heavy atom. The second kappa shape index (κ2) is 4.73. The van der Waals surface area contributed by atoms with Gasteiger partial charge in [0.2, 0.25) is 0 Å². The van der Waals surface area contributed by atoms with Gasteiger partial charge in [-0.15, -0.1) is 11.3 Å². The maximum absolute atomic E-state index is 11.8. The number of pyridine rings is 1. The van der Waals surface area contributed by atoms with Crippen LogP contribution in [-0.4, -0.2) is 4.57 Å². The highest BCUT2D eigenvalue weighted by Crippen LogP contribution is 2.20. The molecule has 2 N–H and O–H groups in total. The van der Waals surface area contributed by atoms with Gasteiger partial charge in [-0.3, -0.25) is 4.79 Å². The number of halogens is 2. The molecule has 0 fully saturated rings. The fraction of sp³-hybridized carbons (Fsp3) is 0.100. The maximum atomic E-state index is 11.8. The van der Waals surface area contributed by atoms with Crippen molar-refractivity contribution in [2.75, 3.05) is 5.73 Å². The Morgan fingerprint density at radius 3 is 2.75 bits per heavy atom.